The first-order valence-electron chi connectivity index (χ1n) is 6.16. The second kappa shape index (κ2) is 6.49. The number of nitrogens with zero attached hydrogens (tertiary/aromatic N) is 2. The third-order valence-electron chi connectivity index (χ3n) is 3.12. The van der Waals surface area contributed by atoms with E-state index in [1.165, 1.54) is 0 Å². The summed E-state index contributed by atoms with van der Waals surface area (Å²) in [5.74, 6) is -0.0415. The Hall–Kier alpha value is -1.08. The molecule has 1 amide bonds. The maximum Gasteiger partial charge on any atom is 0.240 e. The highest BCUT2D eigenvalue weighted by Crippen LogP contribution is 2.18. The summed E-state index contributed by atoms with van der Waals surface area (Å²) in [6.45, 7) is 2.82. The van der Waals surface area contributed by atoms with Crippen molar-refractivity contribution >= 4 is 5.91 Å². The van der Waals surface area contributed by atoms with E-state index in [1.807, 2.05) is 0 Å². The van der Waals surface area contributed by atoms with Gasteiger partial charge in [0.05, 0.1) is 12.1 Å². The van der Waals surface area contributed by atoms with Crippen molar-refractivity contribution in [3.8, 4) is 6.07 Å². The molecule has 1 aliphatic heterocycles. The second-order valence-corrected chi connectivity index (χ2v) is 4.42. The number of carbonyl (C=O) groups is 1. The molecule has 1 rings (SSSR count). The fourth-order valence-electron chi connectivity index (χ4n) is 2.12. The van der Waals surface area contributed by atoms with Crippen molar-refractivity contribution in [1.82, 2.24) is 4.90 Å². The van der Waals surface area contributed by atoms with Crippen LogP contribution in [0.15, 0.2) is 0 Å². The molecule has 16 heavy (non-hydrogen) atoms. The van der Waals surface area contributed by atoms with E-state index in [2.05, 4.69) is 13.0 Å². The molecule has 0 saturated carbocycles. The topological polar surface area (TPSA) is 70.1 Å². The summed E-state index contributed by atoms with van der Waals surface area (Å²) >= 11 is 0. The molecule has 4 heteroatoms. The summed E-state index contributed by atoms with van der Waals surface area (Å²) in [6.07, 6.45) is 5.69. The number of amides is 1. The minimum Gasteiger partial charge on any atom is -0.325 e. The quantitative estimate of drug-likeness (QED) is 0.716. The van der Waals surface area contributed by atoms with Crippen LogP contribution in [-0.4, -0.2) is 29.4 Å². The van der Waals surface area contributed by atoms with Gasteiger partial charge < -0.3 is 10.6 Å². The predicted octanol–water partition coefficient (Wildman–Crippen LogP) is 1.41. The highest BCUT2D eigenvalue weighted by molar-refractivity contribution is 5.82. The molecular formula is C12H21N3O. The average molecular weight is 223 g/mol. The molecule has 4 nitrogen and oxygen atoms in total. The zero-order valence-electron chi connectivity index (χ0n) is 9.98. The molecule has 2 unspecified atom stereocenters. The first-order valence-corrected chi connectivity index (χ1v) is 6.16. The summed E-state index contributed by atoms with van der Waals surface area (Å²) < 4.78 is 0. The van der Waals surface area contributed by atoms with Gasteiger partial charge in [-0.3, -0.25) is 4.79 Å². The smallest absolute Gasteiger partial charge is 0.240 e. The van der Waals surface area contributed by atoms with Crippen LogP contribution in [0.2, 0.25) is 0 Å². The molecule has 1 heterocycles. The van der Waals surface area contributed by atoms with E-state index in [0.717, 1.165) is 38.5 Å². The molecule has 1 aliphatic rings. The van der Waals surface area contributed by atoms with Crippen molar-refractivity contribution in [1.29, 1.82) is 5.26 Å². The number of carbonyl (C=O) groups excluding carboxylic acids is 1. The van der Waals surface area contributed by atoms with Gasteiger partial charge >= 0.3 is 0 Å². The number of nitrogens with two attached hydrogens (primary N) is 1. The van der Waals surface area contributed by atoms with Gasteiger partial charge in [-0.2, -0.15) is 5.26 Å². The molecule has 2 N–H and O–H groups in total. The minimum atomic E-state index is -0.416. The van der Waals surface area contributed by atoms with Crippen molar-refractivity contribution in [3.05, 3.63) is 0 Å². The molecule has 1 fully saturated rings. The Kier molecular flexibility index (Phi) is 5.27. The zero-order chi connectivity index (χ0) is 12.0. The molecule has 0 aromatic carbocycles. The van der Waals surface area contributed by atoms with Gasteiger partial charge in [0, 0.05) is 6.54 Å². The summed E-state index contributed by atoms with van der Waals surface area (Å²) in [5.41, 5.74) is 5.85. The highest BCUT2D eigenvalue weighted by Gasteiger charge is 2.31. The number of nitriles is 1. The second-order valence-electron chi connectivity index (χ2n) is 4.42. The molecule has 1 saturated heterocycles. The molecule has 0 bridgehead atoms. The largest absolute Gasteiger partial charge is 0.325 e. The first kappa shape index (κ1) is 13.0. The van der Waals surface area contributed by atoms with E-state index >= 15 is 0 Å². The van der Waals surface area contributed by atoms with Crippen molar-refractivity contribution in [2.75, 3.05) is 6.54 Å². The summed E-state index contributed by atoms with van der Waals surface area (Å²) in [5, 5.41) is 8.90. The number of hydrogen-bond acceptors (Lipinski definition) is 3. The van der Waals surface area contributed by atoms with Gasteiger partial charge in [-0.05, 0) is 19.3 Å². The molecule has 0 radical (unpaired) electrons. The molecule has 0 aromatic heterocycles. The summed E-state index contributed by atoms with van der Waals surface area (Å²) in [7, 11) is 0. The van der Waals surface area contributed by atoms with Crippen LogP contribution in [0, 0.1) is 11.3 Å². The molecule has 0 spiro atoms. The van der Waals surface area contributed by atoms with E-state index in [1.54, 1.807) is 4.90 Å². The maximum absolute atomic E-state index is 12.0. The summed E-state index contributed by atoms with van der Waals surface area (Å²) in [4.78, 5) is 13.6. The maximum atomic E-state index is 12.0. The Balaban J connectivity index is 2.41. The van der Waals surface area contributed by atoms with Crippen molar-refractivity contribution in [2.45, 2.75) is 57.5 Å². The van der Waals surface area contributed by atoms with Crippen LogP contribution in [-0.2, 0) is 4.79 Å². The number of rotatable bonds is 5. The Labute approximate surface area is 97.4 Å². The Bertz CT molecular complexity index is 272. The number of hydrogen-bond donors (Lipinski definition) is 1. The van der Waals surface area contributed by atoms with Gasteiger partial charge in [-0.25, -0.2) is 0 Å². The van der Waals surface area contributed by atoms with Gasteiger partial charge in [0.15, 0.2) is 0 Å². The van der Waals surface area contributed by atoms with E-state index in [0.29, 0.717) is 6.54 Å². The SMILES string of the molecule is CCCCCC(N)C(=O)N1CCCC1C#N. The highest BCUT2D eigenvalue weighted by atomic mass is 16.2. The standard InChI is InChI=1S/C12H21N3O/c1-2-3-4-7-11(14)12(16)15-8-5-6-10(15)9-13/h10-11H,2-8,14H2,1H3. The number of likely N-dealkylation sites (tertiary alicyclic amines) is 1. The van der Waals surface area contributed by atoms with E-state index in [4.69, 9.17) is 11.0 Å². The molecule has 0 aliphatic carbocycles. The lowest BCUT2D eigenvalue weighted by atomic mass is 10.1. The van der Waals surface area contributed by atoms with Gasteiger partial charge in [-0.1, -0.05) is 26.2 Å². The fourth-order valence-corrected chi connectivity index (χ4v) is 2.12. The Morgan fingerprint density at radius 3 is 3.00 bits per heavy atom. The van der Waals surface area contributed by atoms with E-state index in [-0.39, 0.29) is 11.9 Å². The number of unbranched alkanes of at least 4 members (excludes halogenated alkanes) is 2. The lowest BCUT2D eigenvalue weighted by molar-refractivity contribution is -0.132. The van der Waals surface area contributed by atoms with E-state index in [9.17, 15) is 4.79 Å². The fraction of sp³-hybridized carbons (Fsp3) is 0.833. The summed E-state index contributed by atoms with van der Waals surface area (Å²) in [6, 6.07) is 1.50. The van der Waals surface area contributed by atoms with Crippen LogP contribution in [0.5, 0.6) is 0 Å². The van der Waals surface area contributed by atoms with Crippen LogP contribution >= 0.6 is 0 Å². The lowest BCUT2D eigenvalue weighted by Crippen LogP contribution is -2.45. The van der Waals surface area contributed by atoms with Crippen LogP contribution < -0.4 is 5.73 Å². The third kappa shape index (κ3) is 3.21. The van der Waals surface area contributed by atoms with Crippen LogP contribution in [0.3, 0.4) is 0 Å². The first-order chi connectivity index (χ1) is 7.70. The lowest BCUT2D eigenvalue weighted by Gasteiger charge is -2.23. The van der Waals surface area contributed by atoms with Gasteiger partial charge in [-0.15, -0.1) is 0 Å². The van der Waals surface area contributed by atoms with Crippen molar-refractivity contribution in [3.63, 3.8) is 0 Å². The normalized spacial score (nSPS) is 21.8. The molecule has 2 atom stereocenters. The molecular weight excluding hydrogens is 202 g/mol. The van der Waals surface area contributed by atoms with Crippen LogP contribution in [0.25, 0.3) is 0 Å². The van der Waals surface area contributed by atoms with E-state index < -0.39 is 6.04 Å². The average Bonchev–Trinajstić information content (AvgIpc) is 2.76. The molecule has 90 valence electrons. The monoisotopic (exact) mass is 223 g/mol. The van der Waals surface area contributed by atoms with Crippen molar-refractivity contribution in [2.24, 2.45) is 5.73 Å². The van der Waals surface area contributed by atoms with Crippen molar-refractivity contribution < 1.29 is 4.79 Å². The zero-order valence-corrected chi connectivity index (χ0v) is 9.98. The Morgan fingerprint density at radius 2 is 2.38 bits per heavy atom. The van der Waals surface area contributed by atoms with Crippen LogP contribution in [0.1, 0.15) is 45.4 Å². The molecule has 0 aromatic rings. The van der Waals surface area contributed by atoms with Gasteiger partial charge in [0.1, 0.15) is 6.04 Å². The van der Waals surface area contributed by atoms with Gasteiger partial charge in [0.2, 0.25) is 5.91 Å². The van der Waals surface area contributed by atoms with Gasteiger partial charge in [0.25, 0.3) is 0 Å². The van der Waals surface area contributed by atoms with Crippen LogP contribution in [0.4, 0.5) is 0 Å². The predicted molar refractivity (Wildman–Crippen MR) is 62.5 cm³/mol. The minimum absolute atomic E-state index is 0.0415. The Morgan fingerprint density at radius 1 is 1.62 bits per heavy atom. The third-order valence-corrected chi connectivity index (χ3v) is 3.12.